The van der Waals surface area contributed by atoms with Crippen LogP contribution in [0.2, 0.25) is 0 Å². The van der Waals surface area contributed by atoms with E-state index in [4.69, 9.17) is 0 Å². The molecule has 0 bridgehead atoms. The van der Waals surface area contributed by atoms with Crippen molar-refractivity contribution in [2.45, 2.75) is 0 Å². The first-order chi connectivity index (χ1) is 9.54. The number of anilines is 2. The molecule has 0 spiro atoms. The molecule has 3 nitrogen and oxygen atoms in total. The van der Waals surface area contributed by atoms with E-state index in [0.717, 1.165) is 4.47 Å². The average molecular weight is 402 g/mol. The van der Waals surface area contributed by atoms with Crippen molar-refractivity contribution in [3.8, 4) is 0 Å². The van der Waals surface area contributed by atoms with Gasteiger partial charge in [-0.2, -0.15) is 0 Å². The molecule has 6 heteroatoms. The van der Waals surface area contributed by atoms with E-state index in [2.05, 4.69) is 42.5 Å². The quantitative estimate of drug-likeness (QED) is 0.797. The zero-order valence-corrected chi connectivity index (χ0v) is 13.5. The van der Waals surface area contributed by atoms with Crippen LogP contribution in [0.1, 0.15) is 0 Å². The molecule has 104 valence electrons. The maximum Gasteiger partial charge on any atom is 0.243 e. The summed E-state index contributed by atoms with van der Waals surface area (Å²) in [6.45, 7) is 0.0666. The summed E-state index contributed by atoms with van der Waals surface area (Å²) in [6.07, 6.45) is 0. The van der Waals surface area contributed by atoms with Gasteiger partial charge in [-0.15, -0.1) is 0 Å². The molecule has 1 amide bonds. The van der Waals surface area contributed by atoms with Gasteiger partial charge in [0, 0.05) is 15.8 Å². The molecule has 0 aliphatic heterocycles. The Kier molecular flexibility index (Phi) is 5.14. The maximum atomic E-state index is 13.3. The van der Waals surface area contributed by atoms with E-state index in [9.17, 15) is 9.18 Å². The summed E-state index contributed by atoms with van der Waals surface area (Å²) in [5, 5.41) is 5.60. The molecular formula is C14H11Br2FN2O. The number of amides is 1. The second-order valence-electron chi connectivity index (χ2n) is 4.04. The standard InChI is InChI=1S/C14H11Br2FN2O/c15-9-1-3-10(4-2-9)19-14(20)8-18-11-5-6-12(16)13(17)7-11/h1-7,18H,8H2,(H,19,20). The Labute approximate surface area is 132 Å². The lowest BCUT2D eigenvalue weighted by molar-refractivity contribution is -0.114. The molecule has 2 N–H and O–H groups in total. The molecule has 0 unspecified atom stereocenters. The number of hydrogen-bond acceptors (Lipinski definition) is 2. The fourth-order valence-corrected chi connectivity index (χ4v) is 2.04. The Balaban J connectivity index is 1.88. The molecule has 2 aromatic carbocycles. The molecular weight excluding hydrogens is 391 g/mol. The topological polar surface area (TPSA) is 41.1 Å². The van der Waals surface area contributed by atoms with E-state index < -0.39 is 0 Å². The second kappa shape index (κ2) is 6.85. The largest absolute Gasteiger partial charge is 0.376 e. The van der Waals surface area contributed by atoms with Crippen molar-refractivity contribution in [1.82, 2.24) is 0 Å². The maximum absolute atomic E-state index is 13.3. The normalized spacial score (nSPS) is 10.2. The summed E-state index contributed by atoms with van der Waals surface area (Å²) >= 11 is 6.39. The average Bonchev–Trinajstić information content (AvgIpc) is 2.43. The molecule has 0 aliphatic carbocycles. The molecule has 0 heterocycles. The molecule has 0 saturated heterocycles. The zero-order chi connectivity index (χ0) is 14.5. The minimum Gasteiger partial charge on any atom is -0.376 e. The van der Waals surface area contributed by atoms with E-state index in [1.54, 1.807) is 24.3 Å². The van der Waals surface area contributed by atoms with Crippen LogP contribution in [0.4, 0.5) is 15.8 Å². The third kappa shape index (κ3) is 4.31. The fourth-order valence-electron chi connectivity index (χ4n) is 1.53. The SMILES string of the molecule is O=C(CNc1ccc(Br)c(F)c1)Nc1ccc(Br)cc1. The highest BCUT2D eigenvalue weighted by atomic mass is 79.9. The van der Waals surface area contributed by atoms with Gasteiger partial charge in [0.1, 0.15) is 5.82 Å². The first-order valence-corrected chi connectivity index (χ1v) is 7.37. The summed E-state index contributed by atoms with van der Waals surface area (Å²) < 4.78 is 14.6. The third-order valence-corrected chi connectivity index (χ3v) is 3.67. The van der Waals surface area contributed by atoms with E-state index in [0.29, 0.717) is 15.8 Å². The monoisotopic (exact) mass is 400 g/mol. The number of nitrogens with one attached hydrogen (secondary N) is 2. The van der Waals surface area contributed by atoms with Crippen LogP contribution >= 0.6 is 31.9 Å². The summed E-state index contributed by atoms with van der Waals surface area (Å²) in [4.78, 5) is 11.7. The lowest BCUT2D eigenvalue weighted by Crippen LogP contribution is -2.21. The van der Waals surface area contributed by atoms with Crippen molar-refractivity contribution in [2.24, 2.45) is 0 Å². The summed E-state index contributed by atoms with van der Waals surface area (Å²) in [7, 11) is 0. The molecule has 0 atom stereocenters. The molecule has 2 rings (SSSR count). The molecule has 0 fully saturated rings. The van der Waals surface area contributed by atoms with Crippen LogP contribution in [0.15, 0.2) is 51.4 Å². The van der Waals surface area contributed by atoms with Crippen molar-refractivity contribution < 1.29 is 9.18 Å². The molecule has 0 saturated carbocycles. The predicted molar refractivity (Wildman–Crippen MR) is 85.4 cm³/mol. The zero-order valence-electron chi connectivity index (χ0n) is 10.3. The number of benzene rings is 2. The van der Waals surface area contributed by atoms with E-state index in [1.165, 1.54) is 6.07 Å². The van der Waals surface area contributed by atoms with Gasteiger partial charge in [-0.3, -0.25) is 4.79 Å². The Hall–Kier alpha value is -1.40. The van der Waals surface area contributed by atoms with Gasteiger partial charge in [0.15, 0.2) is 0 Å². The lowest BCUT2D eigenvalue weighted by Gasteiger charge is -2.08. The molecule has 0 radical (unpaired) electrons. The van der Waals surface area contributed by atoms with Gasteiger partial charge >= 0.3 is 0 Å². The Bertz CT molecular complexity index is 617. The van der Waals surface area contributed by atoms with Crippen LogP contribution in [0.3, 0.4) is 0 Å². The van der Waals surface area contributed by atoms with Gasteiger partial charge in [-0.05, 0) is 58.4 Å². The number of carbonyl (C=O) groups excluding carboxylic acids is 1. The highest BCUT2D eigenvalue weighted by Crippen LogP contribution is 2.19. The fraction of sp³-hybridized carbons (Fsp3) is 0.0714. The van der Waals surface area contributed by atoms with Gasteiger partial charge in [0.25, 0.3) is 0 Å². The summed E-state index contributed by atoms with van der Waals surface area (Å²) in [5.41, 5.74) is 1.26. The number of carbonyl (C=O) groups is 1. The Morgan fingerprint density at radius 2 is 1.70 bits per heavy atom. The Morgan fingerprint density at radius 1 is 1.05 bits per heavy atom. The number of hydrogen-bond donors (Lipinski definition) is 2. The van der Waals surface area contributed by atoms with Crippen molar-refractivity contribution in [3.05, 3.63) is 57.2 Å². The van der Waals surface area contributed by atoms with Crippen LogP contribution in [0.25, 0.3) is 0 Å². The highest BCUT2D eigenvalue weighted by Gasteiger charge is 2.04. The van der Waals surface area contributed by atoms with Gasteiger partial charge in [-0.1, -0.05) is 15.9 Å². The van der Waals surface area contributed by atoms with Gasteiger partial charge in [0.2, 0.25) is 5.91 Å². The molecule has 20 heavy (non-hydrogen) atoms. The van der Waals surface area contributed by atoms with E-state index in [-0.39, 0.29) is 18.3 Å². The lowest BCUT2D eigenvalue weighted by atomic mass is 10.3. The van der Waals surface area contributed by atoms with Gasteiger partial charge < -0.3 is 10.6 Å². The summed E-state index contributed by atoms with van der Waals surface area (Å²) in [5.74, 6) is -0.570. The number of halogens is 3. The number of rotatable bonds is 4. The minimum atomic E-state index is -0.372. The summed E-state index contributed by atoms with van der Waals surface area (Å²) in [6, 6.07) is 11.9. The predicted octanol–water partition coefficient (Wildman–Crippen LogP) is 4.40. The van der Waals surface area contributed by atoms with Crippen LogP contribution < -0.4 is 10.6 Å². The van der Waals surface area contributed by atoms with Crippen molar-refractivity contribution in [3.63, 3.8) is 0 Å². The van der Waals surface area contributed by atoms with Gasteiger partial charge in [-0.25, -0.2) is 4.39 Å². The van der Waals surface area contributed by atoms with E-state index in [1.807, 2.05) is 12.1 Å². The van der Waals surface area contributed by atoms with E-state index >= 15 is 0 Å². The Morgan fingerprint density at radius 3 is 2.35 bits per heavy atom. The van der Waals surface area contributed by atoms with Crippen LogP contribution in [-0.2, 0) is 4.79 Å². The van der Waals surface area contributed by atoms with Crippen LogP contribution in [-0.4, -0.2) is 12.5 Å². The molecule has 0 aromatic heterocycles. The van der Waals surface area contributed by atoms with Crippen LogP contribution in [0.5, 0.6) is 0 Å². The van der Waals surface area contributed by atoms with Crippen molar-refractivity contribution in [2.75, 3.05) is 17.2 Å². The molecule has 2 aromatic rings. The third-order valence-electron chi connectivity index (χ3n) is 2.50. The van der Waals surface area contributed by atoms with Gasteiger partial charge in [0.05, 0.1) is 11.0 Å². The molecule has 0 aliphatic rings. The first-order valence-electron chi connectivity index (χ1n) is 5.79. The highest BCUT2D eigenvalue weighted by molar-refractivity contribution is 9.10. The smallest absolute Gasteiger partial charge is 0.243 e. The first kappa shape index (κ1) is 15.0. The minimum absolute atomic E-state index is 0.0666. The van der Waals surface area contributed by atoms with Crippen LogP contribution in [0, 0.1) is 5.82 Å². The van der Waals surface area contributed by atoms with Crippen molar-refractivity contribution in [1.29, 1.82) is 0 Å². The second-order valence-corrected chi connectivity index (χ2v) is 5.81. The van der Waals surface area contributed by atoms with Crippen molar-refractivity contribution >= 4 is 49.1 Å².